The number of hydrogen-bond acceptors (Lipinski definition) is 6. The van der Waals surface area contributed by atoms with Gasteiger partial charge in [-0.25, -0.2) is 9.59 Å². The van der Waals surface area contributed by atoms with Crippen molar-refractivity contribution in [2.75, 3.05) is 7.11 Å². The van der Waals surface area contributed by atoms with Gasteiger partial charge in [0.25, 0.3) is 0 Å². The van der Waals surface area contributed by atoms with Gasteiger partial charge in [-0.15, -0.1) is 0 Å². The van der Waals surface area contributed by atoms with E-state index in [4.69, 9.17) is 18.3 Å². The molecule has 2 aromatic heterocycles. The average Bonchev–Trinajstić information content (AvgIpc) is 2.60. The van der Waals surface area contributed by atoms with Crippen molar-refractivity contribution in [2.45, 2.75) is 0 Å². The number of fused-ring (bicyclic) bond motifs is 2. The Labute approximate surface area is 140 Å². The largest absolute Gasteiger partial charge is 0.496 e. The minimum atomic E-state index is -0.459. The van der Waals surface area contributed by atoms with Crippen LogP contribution >= 0.6 is 0 Å². The van der Waals surface area contributed by atoms with E-state index in [2.05, 4.69) is 0 Å². The first kappa shape index (κ1) is 15.0. The van der Waals surface area contributed by atoms with Crippen LogP contribution in [0.3, 0.4) is 0 Å². The number of benzene rings is 2. The van der Waals surface area contributed by atoms with E-state index in [0.717, 1.165) is 5.39 Å². The van der Waals surface area contributed by atoms with Gasteiger partial charge in [0.15, 0.2) is 0 Å². The molecule has 6 heteroatoms. The molecule has 4 aromatic rings. The quantitative estimate of drug-likeness (QED) is 0.531. The Morgan fingerprint density at radius 1 is 0.760 bits per heavy atom. The predicted octanol–water partition coefficient (Wildman–Crippen LogP) is 3.70. The molecule has 0 unspecified atom stereocenters. The van der Waals surface area contributed by atoms with Crippen LogP contribution in [0.5, 0.6) is 17.2 Å². The minimum Gasteiger partial charge on any atom is -0.496 e. The number of rotatable bonds is 3. The van der Waals surface area contributed by atoms with Crippen LogP contribution < -0.4 is 20.7 Å². The summed E-state index contributed by atoms with van der Waals surface area (Å²) in [5.41, 5.74) is -0.115. The molecule has 2 heterocycles. The third-order valence-electron chi connectivity index (χ3n) is 3.73. The summed E-state index contributed by atoms with van der Waals surface area (Å²) in [6, 6.07) is 14.5. The van der Waals surface area contributed by atoms with Crippen molar-refractivity contribution in [3.05, 3.63) is 75.4 Å². The van der Waals surface area contributed by atoms with Gasteiger partial charge in [-0.1, -0.05) is 0 Å². The maximum Gasteiger partial charge on any atom is 0.336 e. The molecular formula is C19H12O6. The smallest absolute Gasteiger partial charge is 0.336 e. The number of ether oxygens (including phenoxy) is 2. The fraction of sp³-hybridized carbons (Fsp3) is 0.0526. The molecule has 0 aliphatic heterocycles. The standard InChI is InChI=1S/C19H12O6/c1-22-13-9-16(14-5-7-19(21)25-17(14)10-13)23-12-4-2-11-3-6-18(20)24-15(11)8-12/h2-10H,1H3. The van der Waals surface area contributed by atoms with Gasteiger partial charge in [-0.05, 0) is 24.3 Å². The molecule has 2 aromatic carbocycles. The lowest BCUT2D eigenvalue weighted by molar-refractivity contribution is 0.408. The highest BCUT2D eigenvalue weighted by Gasteiger charge is 2.10. The van der Waals surface area contributed by atoms with Gasteiger partial charge in [-0.3, -0.25) is 0 Å². The van der Waals surface area contributed by atoms with E-state index in [1.165, 1.54) is 19.2 Å². The summed E-state index contributed by atoms with van der Waals surface area (Å²) < 4.78 is 21.5. The molecule has 4 rings (SSSR count). The zero-order valence-electron chi connectivity index (χ0n) is 13.1. The second-order valence-electron chi connectivity index (χ2n) is 5.35. The van der Waals surface area contributed by atoms with Gasteiger partial charge in [0.05, 0.1) is 12.5 Å². The van der Waals surface area contributed by atoms with Crippen LogP contribution in [0.2, 0.25) is 0 Å². The molecule has 0 N–H and O–H groups in total. The summed E-state index contributed by atoms with van der Waals surface area (Å²) in [6.07, 6.45) is 0. The molecule has 0 saturated heterocycles. The third-order valence-corrected chi connectivity index (χ3v) is 3.73. The van der Waals surface area contributed by atoms with Gasteiger partial charge in [0.1, 0.15) is 28.4 Å². The van der Waals surface area contributed by atoms with Gasteiger partial charge in [0.2, 0.25) is 0 Å². The van der Waals surface area contributed by atoms with Crippen LogP contribution in [-0.2, 0) is 0 Å². The molecule has 0 radical (unpaired) electrons. The molecule has 6 nitrogen and oxygen atoms in total. The number of hydrogen-bond donors (Lipinski definition) is 0. The molecule has 124 valence electrons. The first-order valence-electron chi connectivity index (χ1n) is 7.46. The fourth-order valence-corrected chi connectivity index (χ4v) is 2.55. The van der Waals surface area contributed by atoms with E-state index < -0.39 is 11.3 Å². The van der Waals surface area contributed by atoms with Crippen molar-refractivity contribution in [3.63, 3.8) is 0 Å². The molecule has 0 saturated carbocycles. The molecule has 0 aliphatic carbocycles. The van der Waals surface area contributed by atoms with Crippen molar-refractivity contribution in [3.8, 4) is 17.2 Å². The summed E-state index contributed by atoms with van der Waals surface area (Å²) in [5.74, 6) is 1.42. The van der Waals surface area contributed by atoms with E-state index in [-0.39, 0.29) is 0 Å². The van der Waals surface area contributed by atoms with Crippen molar-refractivity contribution < 1.29 is 18.3 Å². The Morgan fingerprint density at radius 2 is 1.44 bits per heavy atom. The highest BCUT2D eigenvalue weighted by Crippen LogP contribution is 2.34. The lowest BCUT2D eigenvalue weighted by atomic mass is 10.2. The van der Waals surface area contributed by atoms with Gasteiger partial charge < -0.3 is 18.3 Å². The van der Waals surface area contributed by atoms with Crippen LogP contribution in [0, 0.1) is 0 Å². The molecule has 0 bridgehead atoms. The first-order chi connectivity index (χ1) is 12.1. The monoisotopic (exact) mass is 336 g/mol. The molecule has 0 amide bonds. The Kier molecular flexibility index (Phi) is 3.50. The van der Waals surface area contributed by atoms with Crippen LogP contribution in [0.4, 0.5) is 0 Å². The Morgan fingerprint density at radius 3 is 2.24 bits per heavy atom. The highest BCUT2D eigenvalue weighted by atomic mass is 16.5. The Bertz CT molecular complexity index is 1200. The minimum absolute atomic E-state index is 0.356. The van der Waals surface area contributed by atoms with Gasteiger partial charge in [0, 0.05) is 35.7 Å². The zero-order valence-corrected chi connectivity index (χ0v) is 13.1. The Hall–Kier alpha value is -3.54. The maximum absolute atomic E-state index is 11.4. The van der Waals surface area contributed by atoms with Crippen molar-refractivity contribution >= 4 is 21.9 Å². The van der Waals surface area contributed by atoms with E-state index in [1.54, 1.807) is 42.5 Å². The third kappa shape index (κ3) is 2.85. The van der Waals surface area contributed by atoms with Crippen LogP contribution in [0.15, 0.2) is 73.0 Å². The van der Waals surface area contributed by atoms with E-state index in [0.29, 0.717) is 33.8 Å². The van der Waals surface area contributed by atoms with E-state index in [9.17, 15) is 9.59 Å². The van der Waals surface area contributed by atoms with Crippen molar-refractivity contribution in [2.24, 2.45) is 0 Å². The first-order valence-corrected chi connectivity index (χ1v) is 7.46. The molecule has 0 spiro atoms. The lowest BCUT2D eigenvalue weighted by Gasteiger charge is -2.10. The fourth-order valence-electron chi connectivity index (χ4n) is 2.55. The predicted molar refractivity (Wildman–Crippen MR) is 91.6 cm³/mol. The second-order valence-corrected chi connectivity index (χ2v) is 5.35. The lowest BCUT2D eigenvalue weighted by Crippen LogP contribution is -1.97. The summed E-state index contributed by atoms with van der Waals surface area (Å²) in [7, 11) is 1.51. The topological polar surface area (TPSA) is 78.9 Å². The van der Waals surface area contributed by atoms with Crippen LogP contribution in [0.1, 0.15) is 0 Å². The average molecular weight is 336 g/mol. The second kappa shape index (κ2) is 5.83. The summed E-state index contributed by atoms with van der Waals surface area (Å²) in [5, 5.41) is 1.41. The van der Waals surface area contributed by atoms with Crippen molar-refractivity contribution in [1.29, 1.82) is 0 Å². The molecule has 25 heavy (non-hydrogen) atoms. The summed E-state index contributed by atoms with van der Waals surface area (Å²) in [4.78, 5) is 22.8. The van der Waals surface area contributed by atoms with Gasteiger partial charge in [-0.2, -0.15) is 0 Å². The Balaban J connectivity index is 1.84. The van der Waals surface area contributed by atoms with Crippen LogP contribution in [0.25, 0.3) is 21.9 Å². The van der Waals surface area contributed by atoms with Crippen LogP contribution in [-0.4, -0.2) is 7.11 Å². The van der Waals surface area contributed by atoms with Crippen molar-refractivity contribution in [1.82, 2.24) is 0 Å². The molecule has 0 atom stereocenters. The van der Waals surface area contributed by atoms with Gasteiger partial charge >= 0.3 is 11.3 Å². The molecular weight excluding hydrogens is 324 g/mol. The summed E-state index contributed by atoms with van der Waals surface area (Å²) in [6.45, 7) is 0. The maximum atomic E-state index is 11.4. The molecule has 0 aliphatic rings. The normalized spacial score (nSPS) is 10.9. The number of methoxy groups -OCH3 is 1. The van der Waals surface area contributed by atoms with E-state index in [1.807, 2.05) is 0 Å². The highest BCUT2D eigenvalue weighted by molar-refractivity contribution is 5.85. The van der Waals surface area contributed by atoms with E-state index >= 15 is 0 Å². The SMILES string of the molecule is COc1cc(Oc2ccc3ccc(=O)oc3c2)c2ccc(=O)oc2c1. The zero-order chi connectivity index (χ0) is 17.4. The summed E-state index contributed by atoms with van der Waals surface area (Å²) >= 11 is 0. The molecule has 0 fully saturated rings.